The topological polar surface area (TPSA) is 9.72 Å². The SMILES string of the molecule is [2H]C([2H])([2H])c1cc2c3c(c1)N(c1ccc(C(C)(C)C)cc1-c1ccccc1)c1cc(N(c4ccccc4)c4ccccc4)ccc1B3c1cc3c(cc1N2c1ccc(-c2ccccc2)cc1C)C(C)(C)CCC3(C)C. The number of benzene rings is 9. The Morgan fingerprint density at radius 3 is 1.60 bits per heavy atom. The molecular formula is C68H64BN3. The molecule has 3 aliphatic rings. The number of hydrogen-bond donors (Lipinski definition) is 0. The molecule has 0 fully saturated rings. The molecular weight excluding hydrogens is 870 g/mol. The number of para-hydroxylation sites is 2. The van der Waals surface area contributed by atoms with Crippen molar-refractivity contribution >= 4 is 74.3 Å². The molecule has 9 aromatic carbocycles. The summed E-state index contributed by atoms with van der Waals surface area (Å²) in [6.07, 6.45) is 2.15. The molecule has 0 radical (unpaired) electrons. The molecule has 2 heterocycles. The van der Waals surface area contributed by atoms with Crippen LogP contribution in [-0.4, -0.2) is 6.71 Å². The first-order chi connectivity index (χ1) is 35.9. The molecule has 0 saturated heterocycles. The average molecular weight is 937 g/mol. The average Bonchev–Trinajstić information content (AvgIpc) is 3.40. The van der Waals surface area contributed by atoms with Crippen LogP contribution in [0.5, 0.6) is 0 Å². The van der Waals surface area contributed by atoms with Crippen LogP contribution in [-0.2, 0) is 16.2 Å². The fourth-order valence-corrected chi connectivity index (χ4v) is 12.1. The van der Waals surface area contributed by atoms with Crippen LogP contribution in [0.4, 0.5) is 51.2 Å². The van der Waals surface area contributed by atoms with E-state index in [9.17, 15) is 4.11 Å². The lowest BCUT2D eigenvalue weighted by Crippen LogP contribution is -2.62. The van der Waals surface area contributed by atoms with Gasteiger partial charge >= 0.3 is 0 Å². The van der Waals surface area contributed by atoms with Crippen molar-refractivity contribution in [2.45, 2.75) is 91.3 Å². The minimum absolute atomic E-state index is 0.0647. The van der Waals surface area contributed by atoms with Gasteiger partial charge in [0.2, 0.25) is 0 Å². The second-order valence-corrected chi connectivity index (χ2v) is 22.7. The Balaban J connectivity index is 1.22. The highest BCUT2D eigenvalue weighted by molar-refractivity contribution is 7.00. The minimum atomic E-state index is -2.43. The predicted octanol–water partition coefficient (Wildman–Crippen LogP) is 16.8. The van der Waals surface area contributed by atoms with E-state index in [2.05, 4.69) is 258 Å². The molecule has 354 valence electrons. The van der Waals surface area contributed by atoms with Crippen molar-refractivity contribution in [3.63, 3.8) is 0 Å². The summed E-state index contributed by atoms with van der Waals surface area (Å²) < 4.78 is 27.9. The molecule has 0 amide bonds. The molecule has 0 N–H and O–H groups in total. The first-order valence-electron chi connectivity index (χ1n) is 27.3. The molecule has 0 atom stereocenters. The number of fused-ring (bicyclic) bond motifs is 5. The van der Waals surface area contributed by atoms with Gasteiger partial charge in [-0.05, 0) is 183 Å². The maximum absolute atomic E-state index is 9.29. The van der Waals surface area contributed by atoms with Crippen LogP contribution in [0.15, 0.2) is 200 Å². The lowest BCUT2D eigenvalue weighted by molar-refractivity contribution is 0.332. The summed E-state index contributed by atoms with van der Waals surface area (Å²) in [4.78, 5) is 7.16. The molecule has 3 nitrogen and oxygen atoms in total. The second kappa shape index (κ2) is 17.1. The van der Waals surface area contributed by atoms with E-state index >= 15 is 0 Å². The van der Waals surface area contributed by atoms with Crippen molar-refractivity contribution in [3.05, 3.63) is 228 Å². The Labute approximate surface area is 432 Å². The van der Waals surface area contributed by atoms with Gasteiger partial charge in [-0.1, -0.05) is 170 Å². The van der Waals surface area contributed by atoms with Crippen molar-refractivity contribution in [1.29, 1.82) is 0 Å². The normalized spacial score (nSPS) is 15.8. The van der Waals surface area contributed by atoms with Gasteiger partial charge in [0.25, 0.3) is 6.71 Å². The zero-order valence-corrected chi connectivity index (χ0v) is 42.9. The fraction of sp³-hybridized carbons (Fsp3) is 0.206. The van der Waals surface area contributed by atoms with Crippen molar-refractivity contribution in [3.8, 4) is 22.3 Å². The summed E-state index contributed by atoms with van der Waals surface area (Å²) in [6.45, 7) is 16.0. The maximum Gasteiger partial charge on any atom is 0.252 e. The highest BCUT2D eigenvalue weighted by atomic mass is 15.2. The Bertz CT molecular complexity index is 3620. The Morgan fingerprint density at radius 1 is 0.472 bits per heavy atom. The summed E-state index contributed by atoms with van der Waals surface area (Å²) in [7, 11) is 0. The molecule has 0 unspecified atom stereocenters. The van der Waals surface area contributed by atoms with Crippen LogP contribution >= 0.6 is 0 Å². The maximum atomic E-state index is 9.29. The van der Waals surface area contributed by atoms with E-state index in [1.807, 2.05) is 12.1 Å². The third-order valence-corrected chi connectivity index (χ3v) is 16.0. The van der Waals surface area contributed by atoms with Crippen LogP contribution < -0.4 is 31.1 Å². The molecule has 72 heavy (non-hydrogen) atoms. The van der Waals surface area contributed by atoms with Gasteiger partial charge in [0, 0.05) is 55.2 Å². The summed E-state index contributed by atoms with van der Waals surface area (Å²) in [5.74, 6) is 0. The van der Waals surface area contributed by atoms with Crippen molar-refractivity contribution in [2.24, 2.45) is 0 Å². The molecule has 0 saturated carbocycles. The lowest BCUT2D eigenvalue weighted by atomic mass is 9.33. The Morgan fingerprint density at radius 2 is 1.01 bits per heavy atom. The molecule has 9 aromatic rings. The number of nitrogens with zero attached hydrogens (tertiary/aromatic N) is 3. The Hall–Kier alpha value is -7.56. The minimum Gasteiger partial charge on any atom is -0.311 e. The fourth-order valence-electron chi connectivity index (χ4n) is 12.1. The summed E-state index contributed by atoms with van der Waals surface area (Å²) >= 11 is 0. The third kappa shape index (κ3) is 7.57. The molecule has 0 bridgehead atoms. The number of hydrogen-bond acceptors (Lipinski definition) is 3. The zero-order chi connectivity index (χ0) is 52.2. The van der Waals surface area contributed by atoms with Crippen LogP contribution in [0.25, 0.3) is 22.3 Å². The van der Waals surface area contributed by atoms with Gasteiger partial charge in [0.15, 0.2) is 0 Å². The predicted molar refractivity (Wildman–Crippen MR) is 309 cm³/mol. The van der Waals surface area contributed by atoms with Crippen molar-refractivity contribution in [2.75, 3.05) is 14.7 Å². The van der Waals surface area contributed by atoms with E-state index in [0.29, 0.717) is 5.56 Å². The van der Waals surface area contributed by atoms with Gasteiger partial charge in [0.05, 0.1) is 5.69 Å². The number of rotatable bonds is 7. The molecule has 2 aliphatic heterocycles. The number of anilines is 9. The van der Waals surface area contributed by atoms with Crippen LogP contribution in [0, 0.1) is 13.8 Å². The van der Waals surface area contributed by atoms with E-state index in [1.54, 1.807) is 0 Å². The zero-order valence-electron chi connectivity index (χ0n) is 45.9. The van der Waals surface area contributed by atoms with Crippen LogP contribution in [0.1, 0.15) is 93.2 Å². The molecule has 0 spiro atoms. The standard InChI is InChI=1S/C68H64BN3/c1-45-38-63-65-64(39-45)72(60-35-31-50(66(3,4)5)41-54(60)48-24-16-11-17-25-48)61-42-53(70(51-26-18-12-19-27-51)52-28-20-13-21-29-52)32-33-57(61)69(65)58-43-55-56(68(8,9)37-36-67(55,6)7)44-62(58)71(63)59-34-30-49(40-46(59)2)47-22-14-10-15-23-47/h10-35,38-44H,36-37H2,1-9H3/i1D3. The summed E-state index contributed by atoms with van der Waals surface area (Å²) in [6, 6.07) is 72.2. The smallest absolute Gasteiger partial charge is 0.252 e. The second-order valence-electron chi connectivity index (χ2n) is 22.7. The molecule has 4 heteroatoms. The van der Waals surface area contributed by atoms with Gasteiger partial charge in [-0.15, -0.1) is 0 Å². The quantitative estimate of drug-likeness (QED) is 0.147. The summed E-state index contributed by atoms with van der Waals surface area (Å²) in [5.41, 5.74) is 22.0. The van der Waals surface area contributed by atoms with E-state index in [0.717, 1.165) is 97.3 Å². The first kappa shape index (κ1) is 42.2. The van der Waals surface area contributed by atoms with E-state index < -0.39 is 6.85 Å². The lowest BCUT2D eigenvalue weighted by Gasteiger charge is -2.48. The van der Waals surface area contributed by atoms with Crippen molar-refractivity contribution < 1.29 is 4.11 Å². The molecule has 12 rings (SSSR count). The van der Waals surface area contributed by atoms with E-state index in [4.69, 9.17) is 0 Å². The largest absolute Gasteiger partial charge is 0.311 e. The van der Waals surface area contributed by atoms with Gasteiger partial charge in [-0.3, -0.25) is 0 Å². The Kier molecular flexibility index (Phi) is 9.98. The highest BCUT2D eigenvalue weighted by Gasteiger charge is 2.47. The molecule has 0 aromatic heterocycles. The number of aryl methyl sites for hydroxylation is 2. The summed E-state index contributed by atoms with van der Waals surface area (Å²) in [5, 5.41) is 0. The van der Waals surface area contributed by atoms with Crippen molar-refractivity contribution in [1.82, 2.24) is 0 Å². The first-order valence-corrected chi connectivity index (χ1v) is 25.8. The van der Waals surface area contributed by atoms with Gasteiger partial charge in [-0.2, -0.15) is 0 Å². The van der Waals surface area contributed by atoms with Crippen LogP contribution in [0.3, 0.4) is 0 Å². The van der Waals surface area contributed by atoms with E-state index in [1.165, 1.54) is 27.6 Å². The van der Waals surface area contributed by atoms with Gasteiger partial charge in [-0.25, -0.2) is 0 Å². The highest BCUT2D eigenvalue weighted by Crippen LogP contribution is 2.52. The monoisotopic (exact) mass is 937 g/mol. The van der Waals surface area contributed by atoms with Crippen LogP contribution in [0.2, 0.25) is 0 Å². The molecule has 1 aliphatic carbocycles. The van der Waals surface area contributed by atoms with Gasteiger partial charge < -0.3 is 14.7 Å². The van der Waals surface area contributed by atoms with E-state index in [-0.39, 0.29) is 23.0 Å². The third-order valence-electron chi connectivity index (χ3n) is 16.0. The van der Waals surface area contributed by atoms with Gasteiger partial charge in [0.1, 0.15) is 0 Å².